The Bertz CT molecular complexity index is 266. The molecule has 0 aliphatic rings. The lowest BCUT2D eigenvalue weighted by Gasteiger charge is -2.37. The molecule has 15 heavy (non-hydrogen) atoms. The zero-order valence-corrected chi connectivity index (χ0v) is 10.1. The highest BCUT2D eigenvalue weighted by Crippen LogP contribution is 2.41. The maximum atomic E-state index is 11.7. The Labute approximate surface area is 90.8 Å². The third-order valence-corrected chi connectivity index (χ3v) is 3.32. The Hall–Kier alpha value is -1.26. The van der Waals surface area contributed by atoms with Crippen LogP contribution in [0.25, 0.3) is 0 Å². The van der Waals surface area contributed by atoms with Crippen molar-refractivity contribution in [2.75, 3.05) is 0 Å². The fourth-order valence-corrected chi connectivity index (χ4v) is 0.927. The smallest absolute Gasteiger partial charge is 0.341 e. The van der Waals surface area contributed by atoms with Crippen molar-refractivity contribution in [3.8, 4) is 0 Å². The molecule has 0 aliphatic heterocycles. The van der Waals surface area contributed by atoms with E-state index in [1.165, 1.54) is 0 Å². The fraction of sp³-hybridized carbons (Fsp3) is 0.800. The van der Waals surface area contributed by atoms with E-state index in [1.807, 2.05) is 34.6 Å². The van der Waals surface area contributed by atoms with Crippen LogP contribution in [-0.2, 0) is 9.63 Å². The summed E-state index contributed by atoms with van der Waals surface area (Å²) < 4.78 is 0. The summed E-state index contributed by atoms with van der Waals surface area (Å²) in [6.07, 6.45) is 0.858. The molecule has 0 rings (SSSR count). The monoisotopic (exact) mass is 215 g/mol. The quantitative estimate of drug-likeness (QED) is 0.319. The van der Waals surface area contributed by atoms with E-state index in [2.05, 4.69) is 9.99 Å². The third-order valence-electron chi connectivity index (χ3n) is 3.32. The van der Waals surface area contributed by atoms with Crippen molar-refractivity contribution in [1.29, 1.82) is 0 Å². The van der Waals surface area contributed by atoms with Crippen molar-refractivity contribution in [2.24, 2.45) is 27.5 Å². The fourth-order valence-electron chi connectivity index (χ4n) is 0.927. The van der Waals surface area contributed by atoms with Crippen LogP contribution in [0.2, 0.25) is 0 Å². The first-order chi connectivity index (χ1) is 6.65. The van der Waals surface area contributed by atoms with Gasteiger partial charge in [0.2, 0.25) is 5.96 Å². The minimum absolute atomic E-state index is 0.178. The van der Waals surface area contributed by atoms with E-state index in [1.54, 1.807) is 0 Å². The van der Waals surface area contributed by atoms with Crippen LogP contribution in [0.5, 0.6) is 0 Å². The van der Waals surface area contributed by atoms with E-state index in [9.17, 15) is 4.79 Å². The zero-order valence-electron chi connectivity index (χ0n) is 10.1. The van der Waals surface area contributed by atoms with Crippen molar-refractivity contribution < 1.29 is 9.63 Å². The lowest BCUT2D eigenvalue weighted by atomic mass is 9.66. The van der Waals surface area contributed by atoms with Gasteiger partial charge in [0.25, 0.3) is 0 Å². The molecule has 0 amide bonds. The summed E-state index contributed by atoms with van der Waals surface area (Å²) in [7, 11) is 0. The highest BCUT2D eigenvalue weighted by atomic mass is 16.7. The third kappa shape index (κ3) is 3.11. The van der Waals surface area contributed by atoms with Gasteiger partial charge in [-0.25, -0.2) is 4.79 Å². The summed E-state index contributed by atoms with van der Waals surface area (Å²) in [5, 5.41) is 3.26. The maximum absolute atomic E-state index is 11.7. The van der Waals surface area contributed by atoms with Crippen LogP contribution in [0.4, 0.5) is 0 Å². The Balaban J connectivity index is 4.74. The minimum atomic E-state index is -0.638. The molecule has 0 aliphatic carbocycles. The summed E-state index contributed by atoms with van der Waals surface area (Å²) in [6.45, 7) is 9.67. The Morgan fingerprint density at radius 2 is 1.73 bits per heavy atom. The summed E-state index contributed by atoms with van der Waals surface area (Å²) in [5.74, 6) is -0.684. The number of hydrogen-bond acceptors (Lipinski definition) is 3. The minimum Gasteiger partial charge on any atom is -0.367 e. The Kier molecular flexibility index (Phi) is 4.13. The van der Waals surface area contributed by atoms with Gasteiger partial charge in [-0.2, -0.15) is 0 Å². The molecule has 0 atom stereocenters. The molecule has 5 nitrogen and oxygen atoms in total. The second-order valence-corrected chi connectivity index (χ2v) is 4.76. The van der Waals surface area contributed by atoms with Crippen molar-refractivity contribution in [1.82, 2.24) is 0 Å². The number of nitrogens with zero attached hydrogens (tertiary/aromatic N) is 1. The summed E-state index contributed by atoms with van der Waals surface area (Å²) in [4.78, 5) is 16.4. The highest BCUT2D eigenvalue weighted by Gasteiger charge is 2.43. The molecule has 88 valence electrons. The number of oxime groups is 1. The predicted octanol–water partition coefficient (Wildman–Crippen LogP) is 1.18. The van der Waals surface area contributed by atoms with Crippen LogP contribution in [0.15, 0.2) is 5.16 Å². The molecule has 0 bridgehead atoms. The van der Waals surface area contributed by atoms with Gasteiger partial charge in [0.05, 0.1) is 5.41 Å². The van der Waals surface area contributed by atoms with Crippen LogP contribution < -0.4 is 11.5 Å². The average Bonchev–Trinajstić information content (AvgIpc) is 2.13. The van der Waals surface area contributed by atoms with E-state index < -0.39 is 11.4 Å². The van der Waals surface area contributed by atoms with Gasteiger partial charge in [0.1, 0.15) is 0 Å². The number of hydrogen-bond donors (Lipinski definition) is 2. The number of guanidine groups is 1. The predicted molar refractivity (Wildman–Crippen MR) is 59.8 cm³/mol. The first-order valence-corrected chi connectivity index (χ1v) is 4.95. The van der Waals surface area contributed by atoms with Gasteiger partial charge < -0.3 is 16.3 Å². The molecule has 0 spiro atoms. The summed E-state index contributed by atoms with van der Waals surface area (Å²) in [5.41, 5.74) is 9.34. The molecule has 0 aromatic carbocycles. The number of carbonyl (C=O) groups excluding carboxylic acids is 1. The molecule has 0 fully saturated rings. The van der Waals surface area contributed by atoms with Crippen LogP contribution in [-0.4, -0.2) is 11.9 Å². The van der Waals surface area contributed by atoms with E-state index in [4.69, 9.17) is 11.5 Å². The molecule has 4 N–H and O–H groups in total. The van der Waals surface area contributed by atoms with Crippen molar-refractivity contribution >= 4 is 11.9 Å². The second kappa shape index (κ2) is 4.51. The molecular weight excluding hydrogens is 194 g/mol. The molecule has 0 aromatic rings. The van der Waals surface area contributed by atoms with Gasteiger partial charge >= 0.3 is 5.97 Å². The van der Waals surface area contributed by atoms with Crippen LogP contribution in [0, 0.1) is 10.8 Å². The van der Waals surface area contributed by atoms with Gasteiger partial charge in [0.15, 0.2) is 0 Å². The standard InChI is InChI=1S/C10H21N3O2/c1-6-9(2,3)10(4,5)7(14)15-13-8(11)12/h6H2,1-5H3,(H4,11,12,13). The molecule has 0 saturated carbocycles. The maximum Gasteiger partial charge on any atom is 0.341 e. The van der Waals surface area contributed by atoms with Crippen LogP contribution in [0.1, 0.15) is 41.0 Å². The first-order valence-electron chi connectivity index (χ1n) is 4.95. The van der Waals surface area contributed by atoms with Crippen LogP contribution in [0.3, 0.4) is 0 Å². The average molecular weight is 215 g/mol. The first kappa shape index (κ1) is 13.7. The number of nitrogens with two attached hydrogens (primary N) is 2. The molecule has 5 heteroatoms. The van der Waals surface area contributed by atoms with E-state index in [0.717, 1.165) is 6.42 Å². The lowest BCUT2D eigenvalue weighted by Crippen LogP contribution is -2.40. The van der Waals surface area contributed by atoms with Gasteiger partial charge in [0, 0.05) is 0 Å². The zero-order chi connectivity index (χ0) is 12.3. The normalized spacial score (nSPS) is 12.1. The van der Waals surface area contributed by atoms with Crippen molar-refractivity contribution in [2.45, 2.75) is 41.0 Å². The summed E-state index contributed by atoms with van der Waals surface area (Å²) in [6, 6.07) is 0. The molecule has 0 aromatic heterocycles. The van der Waals surface area contributed by atoms with E-state index in [-0.39, 0.29) is 11.4 Å². The van der Waals surface area contributed by atoms with E-state index >= 15 is 0 Å². The SMILES string of the molecule is CCC(C)(C)C(C)(C)C(=O)ON=C(N)N. The van der Waals surface area contributed by atoms with Crippen LogP contribution >= 0.6 is 0 Å². The largest absolute Gasteiger partial charge is 0.367 e. The van der Waals surface area contributed by atoms with E-state index in [0.29, 0.717) is 0 Å². The second-order valence-electron chi connectivity index (χ2n) is 4.76. The van der Waals surface area contributed by atoms with Crippen molar-refractivity contribution in [3.63, 3.8) is 0 Å². The molecular formula is C10H21N3O2. The number of carbonyl (C=O) groups is 1. The van der Waals surface area contributed by atoms with Gasteiger partial charge in [-0.15, -0.1) is 0 Å². The molecule has 0 heterocycles. The number of rotatable bonds is 4. The molecule has 0 saturated heterocycles. The van der Waals surface area contributed by atoms with Gasteiger partial charge in [-0.1, -0.05) is 20.8 Å². The Morgan fingerprint density at radius 1 is 1.27 bits per heavy atom. The van der Waals surface area contributed by atoms with Gasteiger partial charge in [-0.3, -0.25) is 0 Å². The summed E-state index contributed by atoms with van der Waals surface area (Å²) >= 11 is 0. The lowest BCUT2D eigenvalue weighted by molar-refractivity contribution is -0.161. The van der Waals surface area contributed by atoms with Crippen molar-refractivity contribution in [3.05, 3.63) is 0 Å². The topological polar surface area (TPSA) is 90.7 Å². The molecule has 0 unspecified atom stereocenters. The highest BCUT2D eigenvalue weighted by molar-refractivity contribution is 5.79. The molecule has 0 radical (unpaired) electrons. The van der Waals surface area contributed by atoms with Gasteiger partial charge in [-0.05, 0) is 30.8 Å². The Morgan fingerprint density at radius 3 is 2.07 bits per heavy atom.